The predicted octanol–water partition coefficient (Wildman–Crippen LogP) is 6.07. The maximum absolute atomic E-state index is 13.4. The first-order valence-corrected chi connectivity index (χ1v) is 7.02. The quantitative estimate of drug-likeness (QED) is 0.227. The molecule has 0 heterocycles. The summed E-state index contributed by atoms with van der Waals surface area (Å²) in [5.74, 6) is -44.5. The summed E-state index contributed by atoms with van der Waals surface area (Å²) in [6, 6.07) is 0. The first kappa shape index (κ1) is 28.2. The van der Waals surface area contributed by atoms with E-state index in [4.69, 9.17) is 0 Å². The summed E-state index contributed by atoms with van der Waals surface area (Å²) in [5.41, 5.74) is 0. The van der Waals surface area contributed by atoms with E-state index in [1.165, 1.54) is 0 Å². The fraction of sp³-hybridized carbons (Fsp3) is 0.769. The second-order valence-corrected chi connectivity index (χ2v) is 5.79. The molecule has 0 amide bonds. The molecule has 2 nitrogen and oxygen atoms in total. The van der Waals surface area contributed by atoms with Gasteiger partial charge in [0.1, 0.15) is 0 Å². The van der Waals surface area contributed by atoms with Gasteiger partial charge in [-0.25, -0.2) is 4.79 Å². The van der Waals surface area contributed by atoms with E-state index in [1.807, 2.05) is 0 Å². The summed E-state index contributed by atoms with van der Waals surface area (Å²) in [7, 11) is 0. The van der Waals surface area contributed by atoms with Crippen LogP contribution in [0.5, 0.6) is 0 Å². The lowest BCUT2D eigenvalue weighted by molar-refractivity contribution is -0.451. The summed E-state index contributed by atoms with van der Waals surface area (Å²) in [5, 5.41) is 0. The van der Waals surface area contributed by atoms with Crippen LogP contribution in [0.2, 0.25) is 0 Å². The highest BCUT2D eigenvalue weighted by atomic mass is 19.4. The summed E-state index contributed by atoms with van der Waals surface area (Å²) < 4.78 is 199. The maximum atomic E-state index is 13.4. The van der Waals surface area contributed by atoms with Gasteiger partial charge >= 0.3 is 47.9 Å². The van der Waals surface area contributed by atoms with E-state index < -0.39 is 60.2 Å². The Kier molecular flexibility index (Phi) is 7.22. The maximum Gasteiger partial charge on any atom is 0.473 e. The van der Waals surface area contributed by atoms with Crippen molar-refractivity contribution in [2.24, 2.45) is 5.92 Å². The Hall–Kier alpha value is -1.84. The molecule has 0 radical (unpaired) electrons. The molecule has 0 rings (SSSR count). The van der Waals surface area contributed by atoms with Crippen LogP contribution in [0.25, 0.3) is 0 Å². The van der Waals surface area contributed by atoms with E-state index in [1.54, 1.807) is 0 Å². The van der Waals surface area contributed by atoms with Crippen LogP contribution < -0.4 is 0 Å². The minimum absolute atomic E-state index is 0.252. The number of hydrogen-bond donors (Lipinski definition) is 0. The van der Waals surface area contributed by atoms with Crippen molar-refractivity contribution in [3.8, 4) is 0 Å². The number of halogens is 15. The van der Waals surface area contributed by atoms with Crippen molar-refractivity contribution >= 4 is 5.97 Å². The minimum atomic E-state index is -8.07. The van der Waals surface area contributed by atoms with E-state index in [9.17, 15) is 70.7 Å². The first-order chi connectivity index (χ1) is 12.8. The Morgan fingerprint density at radius 1 is 0.767 bits per heavy atom. The molecular weight excluding hydrogens is 473 g/mol. The SMILES string of the molecule is C=CC(=O)OC(F)(F)C(F)(F)C(F)(F)C(F)(F)C(F)(F)C(F)(F)CC(C)C(F)(F)F. The standard InChI is InChI=1S/C13H9F15O2/c1-3-6(29)30-13(27,28)12(25,26)11(23,24)10(21,22)9(19,20)7(14,15)4-5(2)8(16,17)18/h3,5H,1,4H2,2H3. The Bertz CT molecular complexity index is 649. The van der Waals surface area contributed by atoms with Gasteiger partial charge in [-0.2, -0.15) is 65.9 Å². The molecule has 0 saturated heterocycles. The number of hydrogen-bond acceptors (Lipinski definition) is 2. The van der Waals surface area contributed by atoms with Crippen LogP contribution in [0.3, 0.4) is 0 Å². The van der Waals surface area contributed by atoms with Gasteiger partial charge in [0.2, 0.25) is 0 Å². The van der Waals surface area contributed by atoms with Crippen molar-refractivity contribution in [1.82, 2.24) is 0 Å². The number of carbonyl (C=O) groups excluding carboxylic acids is 1. The Morgan fingerprint density at radius 2 is 1.13 bits per heavy atom. The lowest BCUT2D eigenvalue weighted by Gasteiger charge is -2.41. The lowest BCUT2D eigenvalue weighted by Crippen LogP contribution is -2.71. The number of alkyl halides is 15. The molecule has 0 saturated carbocycles. The van der Waals surface area contributed by atoms with Crippen molar-refractivity contribution in [2.75, 3.05) is 0 Å². The zero-order valence-electron chi connectivity index (χ0n) is 14.1. The van der Waals surface area contributed by atoms with E-state index in [-0.39, 0.29) is 13.0 Å². The lowest BCUT2D eigenvalue weighted by atomic mass is 9.89. The van der Waals surface area contributed by atoms with Gasteiger partial charge in [-0.3, -0.25) is 0 Å². The summed E-state index contributed by atoms with van der Waals surface area (Å²) in [6.07, 6.45) is -16.3. The molecule has 0 aromatic carbocycles. The molecule has 0 bridgehead atoms. The van der Waals surface area contributed by atoms with E-state index >= 15 is 0 Å². The number of ether oxygens (including phenoxy) is 1. The number of rotatable bonds is 9. The van der Waals surface area contributed by atoms with Gasteiger partial charge in [0.15, 0.2) is 0 Å². The zero-order chi connectivity index (χ0) is 24.8. The Balaban J connectivity index is 6.34. The number of esters is 1. The van der Waals surface area contributed by atoms with Crippen LogP contribution in [0.1, 0.15) is 13.3 Å². The van der Waals surface area contributed by atoms with Crippen LogP contribution in [-0.2, 0) is 9.53 Å². The molecule has 0 N–H and O–H groups in total. The molecule has 0 aliphatic carbocycles. The van der Waals surface area contributed by atoms with Crippen molar-refractivity contribution in [3.63, 3.8) is 0 Å². The van der Waals surface area contributed by atoms with E-state index in [0.29, 0.717) is 0 Å². The van der Waals surface area contributed by atoms with Crippen LogP contribution in [0, 0.1) is 5.92 Å². The highest BCUT2D eigenvalue weighted by Gasteiger charge is 2.91. The average Bonchev–Trinajstić information content (AvgIpc) is 2.51. The van der Waals surface area contributed by atoms with Crippen LogP contribution >= 0.6 is 0 Å². The average molecular weight is 482 g/mol. The third kappa shape index (κ3) is 4.43. The first-order valence-electron chi connectivity index (χ1n) is 7.02. The normalized spacial score (nSPS) is 16.3. The van der Waals surface area contributed by atoms with Gasteiger partial charge in [-0.15, -0.1) is 0 Å². The van der Waals surface area contributed by atoms with Crippen molar-refractivity contribution in [2.45, 2.75) is 55.2 Å². The fourth-order valence-corrected chi connectivity index (χ4v) is 1.67. The van der Waals surface area contributed by atoms with Gasteiger partial charge in [-0.05, 0) is 0 Å². The highest BCUT2D eigenvalue weighted by molar-refractivity contribution is 5.81. The molecule has 0 aliphatic rings. The molecule has 178 valence electrons. The van der Waals surface area contributed by atoms with Crippen LogP contribution in [0.4, 0.5) is 65.9 Å². The molecule has 0 aromatic rings. The molecule has 1 unspecified atom stereocenters. The van der Waals surface area contributed by atoms with Crippen LogP contribution in [-0.4, -0.2) is 47.9 Å². The second kappa shape index (κ2) is 7.69. The molecule has 1 atom stereocenters. The van der Waals surface area contributed by atoms with Gasteiger partial charge in [0.05, 0.1) is 5.92 Å². The molecule has 0 spiro atoms. The topological polar surface area (TPSA) is 26.3 Å². The van der Waals surface area contributed by atoms with Crippen molar-refractivity contribution in [3.05, 3.63) is 12.7 Å². The monoisotopic (exact) mass is 482 g/mol. The molecule has 17 heteroatoms. The summed E-state index contributed by atoms with van der Waals surface area (Å²) >= 11 is 0. The molecular formula is C13H9F15O2. The summed E-state index contributed by atoms with van der Waals surface area (Å²) in [4.78, 5) is 10.5. The molecule has 30 heavy (non-hydrogen) atoms. The zero-order valence-corrected chi connectivity index (χ0v) is 14.1. The van der Waals surface area contributed by atoms with Gasteiger partial charge in [-0.1, -0.05) is 13.5 Å². The van der Waals surface area contributed by atoms with Gasteiger partial charge < -0.3 is 4.74 Å². The van der Waals surface area contributed by atoms with Gasteiger partial charge in [0, 0.05) is 12.5 Å². The second-order valence-electron chi connectivity index (χ2n) is 5.79. The number of carbonyl (C=O) groups is 1. The molecule has 0 aliphatic heterocycles. The van der Waals surface area contributed by atoms with Crippen LogP contribution in [0.15, 0.2) is 12.7 Å². The van der Waals surface area contributed by atoms with Gasteiger partial charge in [0.25, 0.3) is 0 Å². The fourth-order valence-electron chi connectivity index (χ4n) is 1.67. The Labute approximate surface area is 156 Å². The third-order valence-electron chi connectivity index (χ3n) is 3.52. The van der Waals surface area contributed by atoms with E-state index in [2.05, 4.69) is 11.3 Å². The highest BCUT2D eigenvalue weighted by Crippen LogP contribution is 2.61. The Morgan fingerprint density at radius 3 is 1.47 bits per heavy atom. The van der Waals surface area contributed by atoms with E-state index in [0.717, 1.165) is 0 Å². The van der Waals surface area contributed by atoms with Crippen molar-refractivity contribution < 1.29 is 75.4 Å². The molecule has 0 aromatic heterocycles. The third-order valence-corrected chi connectivity index (χ3v) is 3.52. The predicted molar refractivity (Wildman–Crippen MR) is 65.8 cm³/mol. The largest absolute Gasteiger partial charge is 0.473 e. The molecule has 0 fully saturated rings. The van der Waals surface area contributed by atoms with Crippen molar-refractivity contribution in [1.29, 1.82) is 0 Å². The summed E-state index contributed by atoms with van der Waals surface area (Å²) in [6.45, 7) is 2.10. The smallest absolute Gasteiger partial charge is 0.393 e. The minimum Gasteiger partial charge on any atom is -0.393 e.